The Morgan fingerprint density at radius 1 is 0.500 bits per heavy atom. The second-order valence-electron chi connectivity index (χ2n) is 36.3. The number of hydrogen-bond donors (Lipinski definition) is 20. The minimum Gasteiger partial charge on any atom is -0.394 e. The van der Waals surface area contributed by atoms with Gasteiger partial charge in [0.05, 0.1) is 37.5 Å². The highest BCUT2D eigenvalue weighted by Gasteiger charge is 2.51. The first-order valence-corrected chi connectivity index (χ1v) is 43.5. The Morgan fingerprint density at radius 3 is 1.52 bits per heavy atom. The van der Waals surface area contributed by atoms with E-state index in [2.05, 4.69) is 74.1 Å². The number of carbonyl (C=O) groups excluding carboxylic acids is 18. The first kappa shape index (κ1) is 105. The summed E-state index contributed by atoms with van der Waals surface area (Å²) >= 11 is 0. The summed E-state index contributed by atoms with van der Waals surface area (Å²) in [6.07, 6.45) is -3.39. The number of benzene rings is 2. The van der Waals surface area contributed by atoms with Gasteiger partial charge < -0.3 is 121 Å². The third-order valence-corrected chi connectivity index (χ3v) is 23.1. The fourth-order valence-electron chi connectivity index (χ4n) is 15.6. The molecular weight excluding hydrogens is 1660 g/mol. The maximum Gasteiger partial charge on any atom is 0.248 e. The molecule has 22 N–H and O–H groups in total. The molecule has 4 heterocycles. The smallest absolute Gasteiger partial charge is 0.248 e. The van der Waals surface area contributed by atoms with E-state index in [1.165, 1.54) is 67.2 Å². The second kappa shape index (κ2) is 46.3. The molecule has 708 valence electrons. The highest BCUT2D eigenvalue weighted by molar-refractivity contribution is 6.03. The van der Waals surface area contributed by atoms with Gasteiger partial charge in [-0.15, -0.1) is 0 Å². The van der Waals surface area contributed by atoms with E-state index in [1.54, 1.807) is 47.7 Å². The van der Waals surface area contributed by atoms with Gasteiger partial charge in [0.2, 0.25) is 106 Å². The van der Waals surface area contributed by atoms with Gasteiger partial charge >= 0.3 is 0 Å². The highest BCUT2D eigenvalue weighted by Crippen LogP contribution is 2.29. The van der Waals surface area contributed by atoms with Crippen LogP contribution in [0.15, 0.2) is 60.8 Å². The lowest BCUT2D eigenvalue weighted by Gasteiger charge is -2.37. The van der Waals surface area contributed by atoms with E-state index >= 15 is 0 Å². The molecule has 3 aliphatic heterocycles. The number of rotatable bonds is 46. The van der Waals surface area contributed by atoms with Crippen molar-refractivity contribution in [1.29, 1.82) is 0 Å². The number of hydrogen-bond acceptors (Lipinski definition) is 22. The Labute approximate surface area is 744 Å². The lowest BCUT2D eigenvalue weighted by molar-refractivity contribution is -0.148. The van der Waals surface area contributed by atoms with Crippen molar-refractivity contribution in [3.8, 4) is 0 Å². The van der Waals surface area contributed by atoms with E-state index in [1.807, 2.05) is 54.6 Å². The average molecular weight is 1800 g/mol. The number of nitrogens with zero attached hydrogens (tertiary/aromatic N) is 3. The van der Waals surface area contributed by atoms with Crippen LogP contribution in [-0.4, -0.2) is 286 Å². The largest absolute Gasteiger partial charge is 0.394 e. The molecule has 128 heavy (non-hydrogen) atoms. The molecule has 6 rings (SSSR count). The second-order valence-corrected chi connectivity index (χ2v) is 36.3. The number of aromatic amines is 1. The van der Waals surface area contributed by atoms with Gasteiger partial charge in [0, 0.05) is 75.8 Å². The zero-order chi connectivity index (χ0) is 95.9. The Kier molecular flexibility index (Phi) is 38.0. The molecule has 18 amide bonds. The van der Waals surface area contributed by atoms with E-state index in [9.17, 15) is 107 Å². The summed E-state index contributed by atoms with van der Waals surface area (Å²) < 4.78 is 0. The molecule has 41 nitrogen and oxygen atoms in total. The molecule has 3 aromatic rings. The summed E-state index contributed by atoms with van der Waals surface area (Å²) in [5.74, 6) is -17.2. The van der Waals surface area contributed by atoms with Gasteiger partial charge in [0.25, 0.3) is 0 Å². The van der Waals surface area contributed by atoms with Gasteiger partial charge in [-0.3, -0.25) is 86.3 Å². The molecule has 1 aromatic heterocycles. The molecule has 3 saturated heterocycles. The number of amides is 18. The number of aromatic nitrogens is 1. The van der Waals surface area contributed by atoms with Gasteiger partial charge in [0.1, 0.15) is 82.6 Å². The van der Waals surface area contributed by atoms with Gasteiger partial charge in [-0.2, -0.15) is 0 Å². The molecule has 41 heteroatoms. The van der Waals surface area contributed by atoms with Crippen LogP contribution in [-0.2, 0) is 99.1 Å². The standard InChI is InChI=1S/C87H133N19O22/c1-17-46(5)67(97-66(114)41-91-70(115)57(30-32-64(88)112)95-77(122)68(47(6)18-2)98-71(116)60(92-49(8)109)37-51-40-90-56-28-23-22-27-55(51)56)78(123)99-69(48(7)108)79(124)103-84(9,10)80(125)96-59(35-45(3)4)73(118)101-87(15,16)82(127)105-42-53(110)38-62(105)75(120)94-58(31-33-65(89)113)72(117)100-86(13,14)83(128)106-43-54(111)39-63(106)76(121)102-85(11,12)81(126)104-34-24-29-61(104)74(119)93-52(44-107)36-50-25-20-19-21-26-50/h19-23,25-28,40,45-48,52-54,57-63,67-69,90,107-108,110-111H,17-18,24,29-39,41-44H2,1-16H3,(H2,88,112)(H2,89,113)(H,91,115)(H,92,109)(H,93,119)(H,94,120)(H,95,122)(H,96,125)(H,97,114)(H,98,116)(H,99,123)(H,100,117)(H,101,118)(H,102,121)(H,103,124)/t46-,47-,48+,52?,53+,54+,57-,58-,59-,60-,61-,62-,63-,67-,68-,69-/m0/s1. The first-order valence-electron chi connectivity index (χ1n) is 43.5. The van der Waals surface area contributed by atoms with Crippen LogP contribution in [0.2, 0.25) is 0 Å². The van der Waals surface area contributed by atoms with Crippen molar-refractivity contribution in [2.24, 2.45) is 29.2 Å². The van der Waals surface area contributed by atoms with Crippen molar-refractivity contribution in [3.63, 3.8) is 0 Å². The number of nitrogens with one attached hydrogen (secondary N) is 14. The first-order chi connectivity index (χ1) is 59.8. The average Bonchev–Trinajstić information content (AvgIpc) is 1.52. The van der Waals surface area contributed by atoms with Crippen LogP contribution in [0, 0.1) is 17.8 Å². The zero-order valence-electron chi connectivity index (χ0n) is 76.0. The molecule has 3 fully saturated rings. The summed E-state index contributed by atoms with van der Waals surface area (Å²) in [4.78, 5) is 257. The molecule has 0 aliphatic carbocycles. The fourth-order valence-corrected chi connectivity index (χ4v) is 15.6. The molecule has 0 spiro atoms. The SMILES string of the molecule is CC[C@H](C)[C@H](NC(=O)CNC(=O)[C@H](CCC(N)=O)NC(=O)[C@@H](NC(=O)[C@H](Cc1c[nH]c2ccccc12)NC(C)=O)[C@@H](C)CC)C(=O)N[C@H](C(=O)NC(C)(C)C(=O)N[C@@H](CC(C)C)C(=O)NC(C)(C)C(=O)N1C[C@H](O)C[C@H]1C(=O)N[C@@H](CCC(N)=O)C(=O)NC(C)(C)C(=O)N1C[C@H](O)C[C@H]1C(=O)NC(C)(C)C(=O)N1CCC[C@H]1C(=O)NC(CO)Cc1ccccc1)[C@@H](C)O. The Bertz CT molecular complexity index is 4510. The minimum atomic E-state index is -1.96. The highest BCUT2D eigenvalue weighted by atomic mass is 16.3. The van der Waals surface area contributed by atoms with Crippen molar-refractivity contribution in [1.82, 2.24) is 88.8 Å². The molecule has 3 aliphatic rings. The van der Waals surface area contributed by atoms with Crippen molar-refractivity contribution in [2.45, 2.75) is 301 Å². The monoisotopic (exact) mass is 1800 g/mol. The van der Waals surface area contributed by atoms with E-state index in [0.29, 0.717) is 31.2 Å². The van der Waals surface area contributed by atoms with Crippen LogP contribution in [0.3, 0.4) is 0 Å². The number of H-pyrrole nitrogens is 1. The van der Waals surface area contributed by atoms with Gasteiger partial charge in [-0.1, -0.05) is 103 Å². The number of nitrogens with two attached hydrogens (primary N) is 2. The van der Waals surface area contributed by atoms with E-state index < -0.39 is 270 Å². The number of aliphatic hydroxyl groups excluding tert-OH is 4. The summed E-state index contributed by atoms with van der Waals surface area (Å²) in [5.41, 5.74) is 5.79. The van der Waals surface area contributed by atoms with Crippen LogP contribution >= 0.6 is 0 Å². The van der Waals surface area contributed by atoms with Crippen molar-refractivity contribution >= 4 is 117 Å². The molecule has 2 aromatic carbocycles. The Morgan fingerprint density at radius 2 is 0.984 bits per heavy atom. The zero-order valence-corrected chi connectivity index (χ0v) is 76.0. The molecule has 0 bridgehead atoms. The van der Waals surface area contributed by atoms with Crippen LogP contribution in [0.5, 0.6) is 0 Å². The summed E-state index contributed by atoms with van der Waals surface area (Å²) in [5, 5.41) is 77.6. The third kappa shape index (κ3) is 29.4. The van der Waals surface area contributed by atoms with Crippen molar-refractivity contribution < 1.29 is 107 Å². The summed E-state index contributed by atoms with van der Waals surface area (Å²) in [7, 11) is 0. The lowest BCUT2D eigenvalue weighted by Crippen LogP contribution is -2.66. The van der Waals surface area contributed by atoms with Crippen LogP contribution < -0.4 is 80.6 Å². The Hall–Kier alpha value is -11.7. The third-order valence-electron chi connectivity index (χ3n) is 23.1. The maximum atomic E-state index is 14.7. The molecule has 0 radical (unpaired) electrons. The number of para-hydroxylation sites is 1. The van der Waals surface area contributed by atoms with Crippen molar-refractivity contribution in [3.05, 3.63) is 71.9 Å². The lowest BCUT2D eigenvalue weighted by atomic mass is 9.96. The molecule has 1 unspecified atom stereocenters. The number of likely N-dealkylation sites (tertiary alicyclic amines) is 3. The number of carbonyl (C=O) groups is 18. The van der Waals surface area contributed by atoms with Crippen LogP contribution in [0.1, 0.15) is 193 Å². The Balaban J connectivity index is 1.06. The quantitative estimate of drug-likeness (QED) is 0.0261. The van der Waals surface area contributed by atoms with Crippen molar-refractivity contribution in [2.75, 3.05) is 32.8 Å². The predicted molar refractivity (Wildman–Crippen MR) is 466 cm³/mol. The fraction of sp³-hybridized carbons (Fsp3) is 0.632. The van der Waals surface area contributed by atoms with Crippen LogP contribution in [0.25, 0.3) is 10.9 Å². The molecular formula is C87H133N19O22. The minimum absolute atomic E-state index is 0.0365. The van der Waals surface area contributed by atoms with Crippen LogP contribution in [0.4, 0.5) is 0 Å². The van der Waals surface area contributed by atoms with E-state index in [-0.39, 0.29) is 51.2 Å². The van der Waals surface area contributed by atoms with Gasteiger partial charge in [0.15, 0.2) is 0 Å². The summed E-state index contributed by atoms with van der Waals surface area (Å²) in [6, 6.07) is 1.60. The predicted octanol–water partition coefficient (Wildman–Crippen LogP) is -3.50. The molecule has 0 saturated carbocycles. The number of primary amides is 2. The summed E-state index contributed by atoms with van der Waals surface area (Å²) in [6.45, 7) is 21.1. The number of fused-ring (bicyclic) bond motifs is 1. The van der Waals surface area contributed by atoms with E-state index in [0.717, 1.165) is 33.2 Å². The normalized spacial score (nSPS) is 19.1. The molecule has 16 atom stereocenters. The van der Waals surface area contributed by atoms with Gasteiger partial charge in [-0.25, -0.2) is 0 Å². The topological polar surface area (TPSA) is 622 Å². The number of aliphatic hydroxyl groups is 4. The number of β-amino-alcohol motifs (C(OH)–C–C–N with tert-alkyl or cyclic N) is 2. The van der Waals surface area contributed by atoms with E-state index in [4.69, 9.17) is 11.5 Å². The van der Waals surface area contributed by atoms with Gasteiger partial charge in [-0.05, 0) is 136 Å². The maximum absolute atomic E-state index is 14.7.